The molecule has 2 rings (SSSR count). The van der Waals surface area contributed by atoms with E-state index in [1.165, 1.54) is 12.4 Å². The summed E-state index contributed by atoms with van der Waals surface area (Å²) in [6.07, 6.45) is 2.98. The molecule has 1 heterocycles. The van der Waals surface area contributed by atoms with Gasteiger partial charge in [-0.2, -0.15) is 5.10 Å². The van der Waals surface area contributed by atoms with Gasteiger partial charge in [-0.25, -0.2) is 0 Å². The lowest BCUT2D eigenvalue weighted by atomic mass is 10.2. The fourth-order valence-electron chi connectivity index (χ4n) is 1.27. The van der Waals surface area contributed by atoms with Gasteiger partial charge < -0.3 is 11.1 Å². The highest BCUT2D eigenvalue weighted by atomic mass is 79.9. The SMILES string of the molecule is Nc1cc(Br)c(NC(=O)c2cn[nH]c2)c(Br)c1. The van der Waals surface area contributed by atoms with Crippen molar-refractivity contribution < 1.29 is 4.79 Å². The first-order valence-corrected chi connectivity index (χ1v) is 6.21. The van der Waals surface area contributed by atoms with Crippen LogP contribution in [0.4, 0.5) is 11.4 Å². The van der Waals surface area contributed by atoms with Gasteiger partial charge in [-0.05, 0) is 44.0 Å². The third-order valence-corrected chi connectivity index (χ3v) is 3.31. The van der Waals surface area contributed by atoms with Crippen molar-refractivity contribution in [3.8, 4) is 0 Å². The first-order valence-electron chi connectivity index (χ1n) is 4.62. The van der Waals surface area contributed by atoms with Gasteiger partial charge in [0.15, 0.2) is 0 Å². The van der Waals surface area contributed by atoms with Crippen LogP contribution in [0.2, 0.25) is 0 Å². The smallest absolute Gasteiger partial charge is 0.258 e. The number of nitrogen functional groups attached to an aromatic ring is 1. The number of aromatic nitrogens is 2. The van der Waals surface area contributed by atoms with Crippen molar-refractivity contribution in [1.29, 1.82) is 0 Å². The molecule has 17 heavy (non-hydrogen) atoms. The van der Waals surface area contributed by atoms with Gasteiger partial charge in [0.25, 0.3) is 5.91 Å². The van der Waals surface area contributed by atoms with Crippen molar-refractivity contribution in [3.63, 3.8) is 0 Å². The molecule has 0 bridgehead atoms. The molecule has 0 radical (unpaired) electrons. The molecular formula is C10H8Br2N4O. The topological polar surface area (TPSA) is 83.8 Å². The molecule has 5 nitrogen and oxygen atoms in total. The zero-order valence-electron chi connectivity index (χ0n) is 8.50. The Bertz CT molecular complexity index is 530. The third-order valence-electron chi connectivity index (χ3n) is 2.06. The van der Waals surface area contributed by atoms with Gasteiger partial charge in [-0.15, -0.1) is 0 Å². The number of nitrogens with one attached hydrogen (secondary N) is 2. The molecule has 2 aromatic rings. The van der Waals surface area contributed by atoms with Crippen LogP contribution in [0.25, 0.3) is 0 Å². The fourth-order valence-corrected chi connectivity index (χ4v) is 2.69. The number of benzene rings is 1. The average Bonchev–Trinajstić information content (AvgIpc) is 2.76. The lowest BCUT2D eigenvalue weighted by Crippen LogP contribution is -2.12. The Morgan fingerprint density at radius 1 is 1.35 bits per heavy atom. The average molecular weight is 360 g/mol. The van der Waals surface area contributed by atoms with Crippen LogP contribution >= 0.6 is 31.9 Å². The Morgan fingerprint density at radius 3 is 2.53 bits per heavy atom. The molecule has 0 aliphatic rings. The normalized spacial score (nSPS) is 10.2. The quantitative estimate of drug-likeness (QED) is 0.721. The standard InChI is InChI=1S/C10H8Br2N4O/c11-7-1-6(13)2-8(12)9(7)16-10(17)5-3-14-15-4-5/h1-4H,13H2,(H,14,15)(H,16,17). The van der Waals surface area contributed by atoms with Gasteiger partial charge in [0.2, 0.25) is 0 Å². The van der Waals surface area contributed by atoms with E-state index < -0.39 is 0 Å². The third kappa shape index (κ3) is 2.67. The Kier molecular flexibility index (Phi) is 3.49. The molecule has 1 aromatic heterocycles. The lowest BCUT2D eigenvalue weighted by Gasteiger charge is -2.09. The number of halogens is 2. The van der Waals surface area contributed by atoms with Crippen LogP contribution in [0.3, 0.4) is 0 Å². The van der Waals surface area contributed by atoms with Gasteiger partial charge in [-0.3, -0.25) is 9.89 Å². The van der Waals surface area contributed by atoms with E-state index in [0.29, 0.717) is 25.9 Å². The summed E-state index contributed by atoms with van der Waals surface area (Å²) in [5, 5.41) is 9.05. The highest BCUT2D eigenvalue weighted by molar-refractivity contribution is 9.11. The molecule has 4 N–H and O–H groups in total. The zero-order valence-corrected chi connectivity index (χ0v) is 11.7. The molecule has 0 aliphatic carbocycles. The maximum Gasteiger partial charge on any atom is 0.258 e. The van der Waals surface area contributed by atoms with E-state index in [1.54, 1.807) is 12.1 Å². The number of anilines is 2. The molecule has 7 heteroatoms. The summed E-state index contributed by atoms with van der Waals surface area (Å²) in [5.41, 5.74) is 7.36. The van der Waals surface area contributed by atoms with Crippen LogP contribution in [-0.2, 0) is 0 Å². The van der Waals surface area contributed by atoms with Crippen LogP contribution in [-0.4, -0.2) is 16.1 Å². The summed E-state index contributed by atoms with van der Waals surface area (Å²) in [6.45, 7) is 0. The van der Waals surface area contributed by atoms with Crippen LogP contribution in [0.1, 0.15) is 10.4 Å². The van der Waals surface area contributed by atoms with Crippen molar-refractivity contribution in [2.45, 2.75) is 0 Å². The molecule has 0 spiro atoms. The Balaban J connectivity index is 2.28. The summed E-state index contributed by atoms with van der Waals surface area (Å²) in [6, 6.07) is 3.44. The summed E-state index contributed by atoms with van der Waals surface area (Å²) in [5.74, 6) is -0.245. The maximum absolute atomic E-state index is 11.8. The second-order valence-corrected chi connectivity index (χ2v) is 5.01. The van der Waals surface area contributed by atoms with Gasteiger partial charge in [-0.1, -0.05) is 0 Å². The minimum absolute atomic E-state index is 0.245. The van der Waals surface area contributed by atoms with Gasteiger partial charge in [0.1, 0.15) is 0 Å². The summed E-state index contributed by atoms with van der Waals surface area (Å²) in [7, 11) is 0. The number of hydrogen-bond donors (Lipinski definition) is 3. The number of carbonyl (C=O) groups excluding carboxylic acids is 1. The first-order chi connectivity index (χ1) is 8.08. The first kappa shape index (κ1) is 12.1. The summed E-state index contributed by atoms with van der Waals surface area (Å²) >= 11 is 6.68. The van der Waals surface area contributed by atoms with E-state index in [9.17, 15) is 4.79 Å². The molecule has 0 saturated carbocycles. The van der Waals surface area contributed by atoms with Crippen molar-refractivity contribution in [2.24, 2.45) is 0 Å². The molecule has 0 saturated heterocycles. The summed E-state index contributed by atoms with van der Waals surface area (Å²) in [4.78, 5) is 11.8. The predicted octanol–water partition coefficient (Wildman–Crippen LogP) is 2.77. The number of rotatable bonds is 2. The van der Waals surface area contributed by atoms with E-state index in [-0.39, 0.29) is 5.91 Å². The summed E-state index contributed by atoms with van der Waals surface area (Å²) < 4.78 is 1.42. The van der Waals surface area contributed by atoms with Crippen LogP contribution in [0, 0.1) is 0 Å². The molecule has 0 unspecified atom stereocenters. The van der Waals surface area contributed by atoms with E-state index in [2.05, 4.69) is 47.4 Å². The lowest BCUT2D eigenvalue weighted by molar-refractivity contribution is 0.102. The number of aromatic amines is 1. The molecule has 1 amide bonds. The minimum Gasteiger partial charge on any atom is -0.399 e. The Morgan fingerprint density at radius 2 is 2.00 bits per heavy atom. The Hall–Kier alpha value is -1.34. The van der Waals surface area contributed by atoms with Gasteiger partial charge in [0.05, 0.1) is 17.4 Å². The van der Waals surface area contributed by atoms with E-state index in [0.717, 1.165) is 0 Å². The van der Waals surface area contributed by atoms with Gasteiger partial charge in [0, 0.05) is 20.8 Å². The molecular weight excluding hydrogens is 352 g/mol. The highest BCUT2D eigenvalue weighted by Gasteiger charge is 2.12. The second-order valence-electron chi connectivity index (χ2n) is 3.30. The number of H-pyrrole nitrogens is 1. The molecule has 0 aliphatic heterocycles. The van der Waals surface area contributed by atoms with Crippen LogP contribution < -0.4 is 11.1 Å². The van der Waals surface area contributed by atoms with Crippen molar-refractivity contribution in [3.05, 3.63) is 39.0 Å². The Labute approximate surface area is 114 Å². The van der Waals surface area contributed by atoms with E-state index in [1.807, 2.05) is 0 Å². The molecule has 0 atom stereocenters. The highest BCUT2D eigenvalue weighted by Crippen LogP contribution is 2.33. The fraction of sp³-hybridized carbons (Fsp3) is 0. The number of hydrogen-bond acceptors (Lipinski definition) is 3. The number of nitrogens with zero attached hydrogens (tertiary/aromatic N) is 1. The zero-order chi connectivity index (χ0) is 12.4. The minimum atomic E-state index is -0.245. The number of nitrogens with two attached hydrogens (primary N) is 1. The predicted molar refractivity (Wildman–Crippen MR) is 72.8 cm³/mol. The number of carbonyl (C=O) groups is 1. The van der Waals surface area contributed by atoms with E-state index in [4.69, 9.17) is 5.73 Å². The molecule has 1 aromatic carbocycles. The molecule has 88 valence electrons. The van der Waals surface area contributed by atoms with Gasteiger partial charge >= 0.3 is 0 Å². The molecule has 0 fully saturated rings. The van der Waals surface area contributed by atoms with Crippen LogP contribution in [0.15, 0.2) is 33.5 Å². The largest absolute Gasteiger partial charge is 0.399 e. The van der Waals surface area contributed by atoms with Crippen LogP contribution in [0.5, 0.6) is 0 Å². The monoisotopic (exact) mass is 358 g/mol. The van der Waals surface area contributed by atoms with Crippen molar-refractivity contribution in [2.75, 3.05) is 11.1 Å². The van der Waals surface area contributed by atoms with Crippen molar-refractivity contribution in [1.82, 2.24) is 10.2 Å². The maximum atomic E-state index is 11.8. The second kappa shape index (κ2) is 4.89. The number of amides is 1. The van der Waals surface area contributed by atoms with E-state index >= 15 is 0 Å². The van der Waals surface area contributed by atoms with Crippen molar-refractivity contribution >= 4 is 49.1 Å².